The van der Waals surface area contributed by atoms with Gasteiger partial charge in [-0.3, -0.25) is 9.59 Å². The van der Waals surface area contributed by atoms with Gasteiger partial charge in [0, 0.05) is 18.5 Å². The Morgan fingerprint density at radius 1 is 1.19 bits per heavy atom. The summed E-state index contributed by atoms with van der Waals surface area (Å²) in [5.74, 6) is -1.74. The summed E-state index contributed by atoms with van der Waals surface area (Å²) >= 11 is 0. The van der Waals surface area contributed by atoms with Crippen LogP contribution in [0.25, 0.3) is 10.9 Å². The van der Waals surface area contributed by atoms with E-state index in [2.05, 4.69) is 15.2 Å². The molecule has 1 fully saturated rings. The minimum Gasteiger partial charge on any atom is -0.493 e. The summed E-state index contributed by atoms with van der Waals surface area (Å²) in [4.78, 5) is 27.7. The van der Waals surface area contributed by atoms with Crippen LogP contribution >= 0.6 is 0 Å². The van der Waals surface area contributed by atoms with Gasteiger partial charge in [-0.25, -0.2) is 0 Å². The van der Waals surface area contributed by atoms with Crippen LogP contribution in [0.2, 0.25) is 0 Å². The summed E-state index contributed by atoms with van der Waals surface area (Å²) < 4.78 is 0. The van der Waals surface area contributed by atoms with Gasteiger partial charge in [0.2, 0.25) is 5.88 Å². The minimum absolute atomic E-state index is 0.160. The zero-order valence-corrected chi connectivity index (χ0v) is 11.2. The van der Waals surface area contributed by atoms with E-state index in [-0.39, 0.29) is 11.6 Å². The first-order valence-corrected chi connectivity index (χ1v) is 6.71. The molecule has 2 heterocycles. The average Bonchev–Trinajstić information content (AvgIpc) is 3.11. The van der Waals surface area contributed by atoms with E-state index >= 15 is 0 Å². The number of aromatic nitrogens is 1. The Hall–Kier alpha value is -2.70. The molecule has 0 unspecified atom stereocenters. The Labute approximate surface area is 120 Å². The van der Waals surface area contributed by atoms with Gasteiger partial charge >= 0.3 is 11.8 Å². The normalized spacial score (nSPS) is 15.1. The lowest BCUT2D eigenvalue weighted by Gasteiger charge is -2.11. The number of para-hydroxylation sites is 1. The Bertz CT molecular complexity index is 729. The minimum atomic E-state index is -0.915. The second kappa shape index (κ2) is 5.35. The van der Waals surface area contributed by atoms with E-state index < -0.39 is 11.8 Å². The van der Waals surface area contributed by atoms with Crippen molar-refractivity contribution in [2.45, 2.75) is 12.8 Å². The lowest BCUT2D eigenvalue weighted by Crippen LogP contribution is -2.32. The number of aromatic hydroxyl groups is 1. The number of likely N-dealkylation sites (tertiary alicyclic amines) is 1. The molecule has 0 saturated carbocycles. The van der Waals surface area contributed by atoms with Crippen molar-refractivity contribution in [3.8, 4) is 5.88 Å². The second-order valence-electron chi connectivity index (χ2n) is 4.87. The van der Waals surface area contributed by atoms with E-state index in [1.807, 2.05) is 0 Å². The number of carbonyl (C=O) groups excluding carboxylic acids is 2. The molecule has 1 aliphatic rings. The molecule has 108 valence electrons. The maximum absolute atomic E-state index is 11.8. The monoisotopic (exact) mass is 286 g/mol. The van der Waals surface area contributed by atoms with Gasteiger partial charge < -0.3 is 15.0 Å². The molecule has 3 rings (SSSR count). The van der Waals surface area contributed by atoms with Crippen molar-refractivity contribution in [1.29, 1.82) is 0 Å². The fraction of sp³-hybridized carbons (Fsp3) is 0.286. The van der Waals surface area contributed by atoms with Crippen molar-refractivity contribution < 1.29 is 14.7 Å². The van der Waals surface area contributed by atoms with Crippen molar-refractivity contribution in [2.24, 2.45) is 10.2 Å². The average molecular weight is 286 g/mol. The number of hydrogen-bond donors (Lipinski definition) is 2. The molecule has 21 heavy (non-hydrogen) atoms. The molecule has 0 bridgehead atoms. The van der Waals surface area contributed by atoms with Gasteiger partial charge in [-0.15, -0.1) is 10.2 Å². The van der Waals surface area contributed by atoms with Gasteiger partial charge in [-0.1, -0.05) is 18.2 Å². The highest BCUT2D eigenvalue weighted by atomic mass is 16.3. The Kier molecular flexibility index (Phi) is 3.39. The third-order valence-corrected chi connectivity index (χ3v) is 3.48. The maximum Gasteiger partial charge on any atom is 0.353 e. The Morgan fingerprint density at radius 3 is 2.67 bits per heavy atom. The third kappa shape index (κ3) is 2.49. The van der Waals surface area contributed by atoms with Gasteiger partial charge in [0.25, 0.3) is 0 Å². The number of aromatic amines is 1. The summed E-state index contributed by atoms with van der Waals surface area (Å²) in [5, 5.41) is 17.6. The number of amides is 2. The van der Waals surface area contributed by atoms with Crippen LogP contribution in [0.3, 0.4) is 0 Å². The first kappa shape index (κ1) is 13.3. The standard InChI is InChI=1S/C14H14N4O3/c19-12-11(9-5-1-2-6-10(9)15-12)16-17-13(20)14(21)18-7-3-4-8-18/h1-2,5-6,15,19H,3-4,7-8H2. The molecular formula is C14H14N4O3. The van der Waals surface area contributed by atoms with E-state index in [9.17, 15) is 14.7 Å². The number of hydrogen-bond acceptors (Lipinski definition) is 4. The van der Waals surface area contributed by atoms with Crippen LogP contribution in [0.5, 0.6) is 5.88 Å². The number of benzene rings is 1. The highest BCUT2D eigenvalue weighted by Crippen LogP contribution is 2.35. The molecule has 0 spiro atoms. The molecule has 1 aromatic carbocycles. The van der Waals surface area contributed by atoms with Crippen LogP contribution < -0.4 is 0 Å². The molecule has 0 aliphatic carbocycles. The second-order valence-corrected chi connectivity index (χ2v) is 4.87. The number of carbonyl (C=O) groups is 2. The molecule has 2 aromatic rings. The molecule has 2 amide bonds. The molecule has 1 aliphatic heterocycles. The van der Waals surface area contributed by atoms with Crippen LogP contribution in [0.4, 0.5) is 5.69 Å². The summed E-state index contributed by atoms with van der Waals surface area (Å²) in [6, 6.07) is 7.10. The van der Waals surface area contributed by atoms with Gasteiger partial charge in [-0.2, -0.15) is 0 Å². The van der Waals surface area contributed by atoms with E-state index in [0.717, 1.165) is 12.8 Å². The van der Waals surface area contributed by atoms with Crippen LogP contribution in [0, 0.1) is 0 Å². The zero-order chi connectivity index (χ0) is 14.8. The number of nitrogens with zero attached hydrogens (tertiary/aromatic N) is 3. The zero-order valence-electron chi connectivity index (χ0n) is 11.2. The summed E-state index contributed by atoms with van der Waals surface area (Å²) in [7, 11) is 0. The molecule has 0 atom stereocenters. The molecule has 2 N–H and O–H groups in total. The maximum atomic E-state index is 11.8. The van der Waals surface area contributed by atoms with Crippen LogP contribution in [-0.2, 0) is 9.59 Å². The van der Waals surface area contributed by atoms with E-state index in [1.165, 1.54) is 4.90 Å². The van der Waals surface area contributed by atoms with Crippen LogP contribution in [0.15, 0.2) is 34.5 Å². The molecule has 0 radical (unpaired) electrons. The summed E-state index contributed by atoms with van der Waals surface area (Å²) in [6.07, 6.45) is 1.80. The first-order valence-electron chi connectivity index (χ1n) is 6.71. The predicted molar refractivity (Wildman–Crippen MR) is 75.3 cm³/mol. The summed E-state index contributed by atoms with van der Waals surface area (Å²) in [5.41, 5.74) is 0.843. The van der Waals surface area contributed by atoms with Gasteiger partial charge in [0.1, 0.15) is 0 Å². The van der Waals surface area contributed by atoms with Gasteiger partial charge in [0.05, 0.1) is 5.52 Å². The van der Waals surface area contributed by atoms with Crippen molar-refractivity contribution in [3.05, 3.63) is 24.3 Å². The highest BCUT2D eigenvalue weighted by molar-refractivity contribution is 6.35. The molecule has 1 aromatic heterocycles. The van der Waals surface area contributed by atoms with Gasteiger partial charge in [-0.05, 0) is 18.9 Å². The Balaban J connectivity index is 1.82. The third-order valence-electron chi connectivity index (χ3n) is 3.48. The quantitative estimate of drug-likeness (QED) is 0.620. The van der Waals surface area contributed by atoms with E-state index in [1.54, 1.807) is 24.3 Å². The topological polar surface area (TPSA) is 98.1 Å². The number of fused-ring (bicyclic) bond motifs is 1. The molecule has 1 saturated heterocycles. The number of azo groups is 1. The largest absolute Gasteiger partial charge is 0.493 e. The molecule has 7 heteroatoms. The van der Waals surface area contributed by atoms with E-state index in [0.29, 0.717) is 24.0 Å². The predicted octanol–water partition coefficient (Wildman–Crippen LogP) is 2.11. The van der Waals surface area contributed by atoms with Crippen LogP contribution in [-0.4, -0.2) is 39.9 Å². The summed E-state index contributed by atoms with van der Waals surface area (Å²) in [6.45, 7) is 1.16. The SMILES string of the molecule is O=C(N=Nc1c(O)[nH]c2ccccc12)C(=O)N1CCCC1. The first-order chi connectivity index (χ1) is 10.2. The number of H-pyrrole nitrogens is 1. The van der Waals surface area contributed by atoms with Crippen molar-refractivity contribution >= 4 is 28.4 Å². The lowest BCUT2D eigenvalue weighted by molar-refractivity contribution is -0.143. The van der Waals surface area contributed by atoms with Gasteiger partial charge in [0.15, 0.2) is 5.69 Å². The van der Waals surface area contributed by atoms with Crippen molar-refractivity contribution in [1.82, 2.24) is 9.88 Å². The van der Waals surface area contributed by atoms with E-state index in [4.69, 9.17) is 0 Å². The lowest BCUT2D eigenvalue weighted by atomic mass is 10.2. The smallest absolute Gasteiger partial charge is 0.353 e. The fourth-order valence-electron chi connectivity index (χ4n) is 2.41. The van der Waals surface area contributed by atoms with Crippen molar-refractivity contribution in [2.75, 3.05) is 13.1 Å². The highest BCUT2D eigenvalue weighted by Gasteiger charge is 2.24. The van der Waals surface area contributed by atoms with Crippen LogP contribution in [0.1, 0.15) is 12.8 Å². The Morgan fingerprint density at radius 2 is 1.90 bits per heavy atom. The molecule has 7 nitrogen and oxygen atoms in total. The number of rotatable bonds is 1. The van der Waals surface area contributed by atoms with Crippen molar-refractivity contribution in [3.63, 3.8) is 0 Å². The number of nitrogens with one attached hydrogen (secondary N) is 1. The fourth-order valence-corrected chi connectivity index (χ4v) is 2.41. The molecular weight excluding hydrogens is 272 g/mol.